The van der Waals surface area contributed by atoms with Crippen molar-refractivity contribution in [3.8, 4) is 11.5 Å². The largest absolute Gasteiger partial charge is 0.453 e. The van der Waals surface area contributed by atoms with E-state index in [0.717, 1.165) is 27.2 Å². The number of thiocarbonyl (C=S) groups is 1. The molecule has 0 bridgehead atoms. The molecule has 0 spiro atoms. The van der Waals surface area contributed by atoms with E-state index in [2.05, 4.69) is 21.0 Å². The van der Waals surface area contributed by atoms with Crippen molar-refractivity contribution in [1.82, 2.24) is 9.78 Å². The Morgan fingerprint density at radius 1 is 1.42 bits per heavy atom. The van der Waals surface area contributed by atoms with Gasteiger partial charge >= 0.3 is 0 Å². The molecule has 6 heteroatoms. The van der Waals surface area contributed by atoms with Gasteiger partial charge in [-0.2, -0.15) is 5.10 Å². The number of nitrogens with zero attached hydrogens (tertiary/aromatic N) is 2. The highest BCUT2D eigenvalue weighted by molar-refractivity contribution is 9.10. The molecule has 0 aliphatic heterocycles. The second-order valence-corrected chi connectivity index (χ2v) is 5.53. The Morgan fingerprint density at radius 2 is 2.11 bits per heavy atom. The van der Waals surface area contributed by atoms with Crippen molar-refractivity contribution in [2.45, 2.75) is 13.8 Å². The van der Waals surface area contributed by atoms with Gasteiger partial charge in [-0.3, -0.25) is 4.68 Å². The number of hydrogen-bond acceptors (Lipinski definition) is 3. The molecular weight excluding hydrogens is 326 g/mol. The minimum atomic E-state index is 0.354. The second-order valence-electron chi connectivity index (χ2n) is 4.23. The molecule has 0 aliphatic rings. The zero-order valence-corrected chi connectivity index (χ0v) is 13.3. The van der Waals surface area contributed by atoms with E-state index in [9.17, 15) is 0 Å². The number of benzene rings is 1. The number of ether oxygens (including phenoxy) is 1. The van der Waals surface area contributed by atoms with E-state index in [1.165, 1.54) is 0 Å². The first-order valence-corrected chi connectivity index (χ1v) is 6.87. The van der Waals surface area contributed by atoms with Gasteiger partial charge in [0.25, 0.3) is 0 Å². The number of halogens is 1. The van der Waals surface area contributed by atoms with Crippen LogP contribution in [0.3, 0.4) is 0 Å². The molecule has 1 aromatic heterocycles. The van der Waals surface area contributed by atoms with Gasteiger partial charge in [-0.25, -0.2) is 0 Å². The highest BCUT2D eigenvalue weighted by atomic mass is 79.9. The summed E-state index contributed by atoms with van der Waals surface area (Å²) in [5.74, 6) is 1.49. The van der Waals surface area contributed by atoms with Crippen molar-refractivity contribution in [2.24, 2.45) is 12.8 Å². The fourth-order valence-electron chi connectivity index (χ4n) is 1.78. The molecule has 0 atom stereocenters. The number of nitrogens with two attached hydrogens (primary N) is 1. The molecule has 2 rings (SSSR count). The van der Waals surface area contributed by atoms with Crippen LogP contribution in [-0.4, -0.2) is 14.8 Å². The Hall–Kier alpha value is -1.40. The molecule has 0 amide bonds. The molecule has 0 saturated heterocycles. The Balaban J connectivity index is 2.34. The van der Waals surface area contributed by atoms with Crippen LogP contribution in [-0.2, 0) is 7.05 Å². The average Bonchev–Trinajstić information content (AvgIpc) is 2.56. The molecule has 100 valence electrons. The van der Waals surface area contributed by atoms with Crippen molar-refractivity contribution in [1.29, 1.82) is 0 Å². The Bertz CT molecular complexity index is 652. The first-order chi connectivity index (χ1) is 8.90. The summed E-state index contributed by atoms with van der Waals surface area (Å²) in [6.45, 7) is 3.88. The Morgan fingerprint density at radius 3 is 2.58 bits per heavy atom. The van der Waals surface area contributed by atoms with Crippen LogP contribution in [0.5, 0.6) is 11.5 Å². The van der Waals surface area contributed by atoms with Crippen LogP contribution in [0.1, 0.15) is 17.0 Å². The molecule has 0 saturated carbocycles. The van der Waals surface area contributed by atoms with Gasteiger partial charge in [0.2, 0.25) is 0 Å². The van der Waals surface area contributed by atoms with E-state index in [1.807, 2.05) is 39.1 Å². The lowest BCUT2D eigenvalue weighted by Gasteiger charge is -2.08. The maximum atomic E-state index is 5.88. The van der Waals surface area contributed by atoms with Gasteiger partial charge in [-0.1, -0.05) is 12.2 Å². The minimum Gasteiger partial charge on any atom is -0.453 e. The van der Waals surface area contributed by atoms with Crippen LogP contribution < -0.4 is 10.5 Å². The van der Waals surface area contributed by atoms with Crippen molar-refractivity contribution in [3.63, 3.8) is 0 Å². The summed E-state index contributed by atoms with van der Waals surface area (Å²) in [6, 6.07) is 5.52. The summed E-state index contributed by atoms with van der Waals surface area (Å²) >= 11 is 8.40. The monoisotopic (exact) mass is 339 g/mol. The fraction of sp³-hybridized carbons (Fsp3) is 0.231. The van der Waals surface area contributed by atoms with Crippen LogP contribution >= 0.6 is 28.1 Å². The van der Waals surface area contributed by atoms with E-state index in [0.29, 0.717) is 10.7 Å². The van der Waals surface area contributed by atoms with E-state index >= 15 is 0 Å². The molecular formula is C13H14BrN3OS. The Labute approximate surface area is 125 Å². The van der Waals surface area contributed by atoms with Gasteiger partial charge in [0.05, 0.1) is 5.69 Å². The topological polar surface area (TPSA) is 53.1 Å². The van der Waals surface area contributed by atoms with Gasteiger partial charge in [0.1, 0.15) is 16.4 Å². The average molecular weight is 340 g/mol. The third-order valence-electron chi connectivity index (χ3n) is 2.87. The lowest BCUT2D eigenvalue weighted by atomic mass is 10.2. The standard InChI is InChI=1S/C13H14BrN3OS/c1-7-12(8(2)17(3)16-7)18-9-4-5-10(13(15)19)11(14)6-9/h4-6H,1-3H3,(H2,15,19). The molecule has 1 aromatic carbocycles. The molecule has 0 radical (unpaired) electrons. The smallest absolute Gasteiger partial charge is 0.171 e. The summed E-state index contributed by atoms with van der Waals surface area (Å²) in [5, 5.41) is 4.31. The quantitative estimate of drug-likeness (QED) is 0.872. The maximum absolute atomic E-state index is 5.88. The summed E-state index contributed by atoms with van der Waals surface area (Å²) < 4.78 is 8.49. The van der Waals surface area contributed by atoms with Gasteiger partial charge in [-0.05, 0) is 48.0 Å². The molecule has 1 heterocycles. The summed E-state index contributed by atoms with van der Waals surface area (Å²) in [6.07, 6.45) is 0. The summed E-state index contributed by atoms with van der Waals surface area (Å²) in [4.78, 5) is 0.354. The zero-order valence-electron chi connectivity index (χ0n) is 10.9. The van der Waals surface area contributed by atoms with Crippen LogP contribution in [0, 0.1) is 13.8 Å². The summed E-state index contributed by atoms with van der Waals surface area (Å²) in [7, 11) is 1.89. The number of aromatic nitrogens is 2. The number of rotatable bonds is 3. The number of hydrogen-bond donors (Lipinski definition) is 1. The molecule has 2 N–H and O–H groups in total. The predicted octanol–water partition coefficient (Wildman–Crippen LogP) is 3.23. The van der Waals surface area contributed by atoms with Gasteiger partial charge in [-0.15, -0.1) is 0 Å². The zero-order chi connectivity index (χ0) is 14.2. The highest BCUT2D eigenvalue weighted by Gasteiger charge is 2.12. The van der Waals surface area contributed by atoms with Crippen LogP contribution in [0.4, 0.5) is 0 Å². The first-order valence-electron chi connectivity index (χ1n) is 5.67. The second kappa shape index (κ2) is 5.30. The lowest BCUT2D eigenvalue weighted by Crippen LogP contribution is -2.09. The van der Waals surface area contributed by atoms with Gasteiger partial charge in [0.15, 0.2) is 5.75 Å². The van der Waals surface area contributed by atoms with Gasteiger partial charge in [0, 0.05) is 17.1 Å². The van der Waals surface area contributed by atoms with Crippen LogP contribution in [0.2, 0.25) is 0 Å². The van der Waals surface area contributed by atoms with Crippen molar-refractivity contribution in [2.75, 3.05) is 0 Å². The van der Waals surface area contributed by atoms with Crippen molar-refractivity contribution < 1.29 is 4.74 Å². The summed E-state index contributed by atoms with van der Waals surface area (Å²) in [5.41, 5.74) is 8.24. The molecule has 19 heavy (non-hydrogen) atoms. The van der Waals surface area contributed by atoms with E-state index in [4.69, 9.17) is 22.7 Å². The first kappa shape index (κ1) is 14.0. The van der Waals surface area contributed by atoms with Gasteiger partial charge < -0.3 is 10.5 Å². The van der Waals surface area contributed by atoms with E-state index < -0.39 is 0 Å². The van der Waals surface area contributed by atoms with Crippen LogP contribution in [0.15, 0.2) is 22.7 Å². The predicted molar refractivity (Wildman–Crippen MR) is 82.8 cm³/mol. The van der Waals surface area contributed by atoms with E-state index in [-0.39, 0.29) is 0 Å². The third-order valence-corrected chi connectivity index (χ3v) is 3.74. The maximum Gasteiger partial charge on any atom is 0.171 e. The molecule has 0 unspecified atom stereocenters. The highest BCUT2D eigenvalue weighted by Crippen LogP contribution is 2.30. The third kappa shape index (κ3) is 2.79. The van der Waals surface area contributed by atoms with Crippen LogP contribution in [0.25, 0.3) is 0 Å². The Kier molecular flexibility index (Phi) is 3.91. The number of aryl methyl sites for hydroxylation is 2. The molecule has 4 nitrogen and oxygen atoms in total. The molecule has 2 aromatic rings. The molecule has 0 aliphatic carbocycles. The molecule has 0 fully saturated rings. The fourth-order valence-corrected chi connectivity index (χ4v) is 2.66. The normalized spacial score (nSPS) is 10.5. The SMILES string of the molecule is Cc1nn(C)c(C)c1Oc1ccc(C(N)=S)c(Br)c1. The minimum absolute atomic E-state index is 0.354. The van der Waals surface area contributed by atoms with Crippen molar-refractivity contribution in [3.05, 3.63) is 39.6 Å². The van der Waals surface area contributed by atoms with Crippen molar-refractivity contribution >= 4 is 33.1 Å². The van der Waals surface area contributed by atoms with E-state index in [1.54, 1.807) is 4.68 Å². The lowest BCUT2D eigenvalue weighted by molar-refractivity contribution is 0.474.